The molecule has 0 unspecified atom stereocenters. The highest BCUT2D eigenvalue weighted by Crippen LogP contribution is 2.22. The molecule has 0 aromatic rings. The average molecular weight is 198 g/mol. The summed E-state index contributed by atoms with van der Waals surface area (Å²) in [5.74, 6) is 0.197. The fraction of sp³-hybridized carbons (Fsp3) is 0.800. The second kappa shape index (κ2) is 5.75. The van der Waals surface area contributed by atoms with Crippen molar-refractivity contribution in [2.75, 3.05) is 13.1 Å². The standard InChI is InChI=1S/C10H18N2O2/c11-4-2-1-3-5-12-10(14)8-6-9(13)7-8/h8H,1-7,11H2,(H,12,14). The summed E-state index contributed by atoms with van der Waals surface area (Å²) in [5.41, 5.74) is 5.34. The van der Waals surface area contributed by atoms with E-state index < -0.39 is 0 Å². The van der Waals surface area contributed by atoms with E-state index in [-0.39, 0.29) is 17.6 Å². The van der Waals surface area contributed by atoms with Crippen LogP contribution >= 0.6 is 0 Å². The predicted molar refractivity (Wildman–Crippen MR) is 53.6 cm³/mol. The van der Waals surface area contributed by atoms with Gasteiger partial charge < -0.3 is 11.1 Å². The molecule has 0 heterocycles. The van der Waals surface area contributed by atoms with Gasteiger partial charge in [-0.05, 0) is 19.4 Å². The van der Waals surface area contributed by atoms with Gasteiger partial charge in [0.05, 0.1) is 5.92 Å². The largest absolute Gasteiger partial charge is 0.356 e. The van der Waals surface area contributed by atoms with E-state index in [0.29, 0.717) is 25.9 Å². The van der Waals surface area contributed by atoms with Gasteiger partial charge in [-0.3, -0.25) is 9.59 Å². The zero-order chi connectivity index (χ0) is 10.4. The Balaban J connectivity index is 1.96. The minimum Gasteiger partial charge on any atom is -0.356 e. The van der Waals surface area contributed by atoms with Crippen LogP contribution in [0.5, 0.6) is 0 Å². The van der Waals surface area contributed by atoms with Gasteiger partial charge in [-0.2, -0.15) is 0 Å². The Morgan fingerprint density at radius 1 is 1.36 bits per heavy atom. The second-order valence-corrected chi connectivity index (χ2v) is 3.78. The van der Waals surface area contributed by atoms with Crippen molar-refractivity contribution in [3.8, 4) is 0 Å². The van der Waals surface area contributed by atoms with Crippen molar-refractivity contribution < 1.29 is 9.59 Å². The first kappa shape index (κ1) is 11.2. The summed E-state index contributed by atoms with van der Waals surface area (Å²) < 4.78 is 0. The molecule has 1 saturated carbocycles. The Hall–Kier alpha value is -0.900. The molecule has 1 aliphatic carbocycles. The first-order chi connectivity index (χ1) is 6.74. The Labute approximate surface area is 84.2 Å². The third kappa shape index (κ3) is 3.46. The highest BCUT2D eigenvalue weighted by molar-refractivity contribution is 5.96. The minimum absolute atomic E-state index is 0.0392. The molecule has 0 spiro atoms. The van der Waals surface area contributed by atoms with Crippen molar-refractivity contribution in [1.82, 2.24) is 5.32 Å². The number of amides is 1. The zero-order valence-corrected chi connectivity index (χ0v) is 8.42. The van der Waals surface area contributed by atoms with Crippen LogP contribution in [0.4, 0.5) is 0 Å². The van der Waals surface area contributed by atoms with Crippen molar-refractivity contribution in [1.29, 1.82) is 0 Å². The lowest BCUT2D eigenvalue weighted by molar-refractivity contribution is -0.137. The maximum atomic E-state index is 11.3. The van der Waals surface area contributed by atoms with E-state index in [1.54, 1.807) is 0 Å². The first-order valence-electron chi connectivity index (χ1n) is 5.23. The number of ketones is 1. The molecular formula is C10H18N2O2. The van der Waals surface area contributed by atoms with Gasteiger partial charge in [0, 0.05) is 19.4 Å². The van der Waals surface area contributed by atoms with Gasteiger partial charge in [0.25, 0.3) is 0 Å². The third-order valence-corrected chi connectivity index (χ3v) is 2.50. The van der Waals surface area contributed by atoms with Gasteiger partial charge in [0.2, 0.25) is 5.91 Å². The number of hydrogen-bond donors (Lipinski definition) is 2. The second-order valence-electron chi connectivity index (χ2n) is 3.78. The Morgan fingerprint density at radius 3 is 2.64 bits per heavy atom. The molecule has 0 aromatic carbocycles. The molecule has 14 heavy (non-hydrogen) atoms. The molecule has 4 heteroatoms. The molecule has 0 aliphatic heterocycles. The fourth-order valence-electron chi connectivity index (χ4n) is 1.48. The summed E-state index contributed by atoms with van der Waals surface area (Å²) in [6.07, 6.45) is 3.92. The van der Waals surface area contributed by atoms with E-state index in [1.165, 1.54) is 0 Å². The van der Waals surface area contributed by atoms with E-state index in [0.717, 1.165) is 19.3 Å². The summed E-state index contributed by atoms with van der Waals surface area (Å²) in [6, 6.07) is 0. The Bertz CT molecular complexity index is 208. The summed E-state index contributed by atoms with van der Waals surface area (Å²) in [4.78, 5) is 22.0. The lowest BCUT2D eigenvalue weighted by Gasteiger charge is -2.22. The normalized spacial score (nSPS) is 16.5. The van der Waals surface area contributed by atoms with Gasteiger partial charge in [-0.25, -0.2) is 0 Å². The van der Waals surface area contributed by atoms with Gasteiger partial charge in [0.1, 0.15) is 5.78 Å². The molecule has 0 atom stereocenters. The van der Waals surface area contributed by atoms with Crippen LogP contribution in [0.15, 0.2) is 0 Å². The Morgan fingerprint density at radius 2 is 2.07 bits per heavy atom. The molecule has 1 fully saturated rings. The molecular weight excluding hydrogens is 180 g/mol. The molecule has 0 saturated heterocycles. The van der Waals surface area contributed by atoms with Crippen molar-refractivity contribution >= 4 is 11.7 Å². The highest BCUT2D eigenvalue weighted by atomic mass is 16.2. The first-order valence-corrected chi connectivity index (χ1v) is 5.23. The van der Waals surface area contributed by atoms with E-state index in [2.05, 4.69) is 5.32 Å². The summed E-state index contributed by atoms with van der Waals surface area (Å²) >= 11 is 0. The molecule has 3 N–H and O–H groups in total. The van der Waals surface area contributed by atoms with Crippen molar-refractivity contribution in [3.63, 3.8) is 0 Å². The predicted octanol–water partition coefficient (Wildman–Crippen LogP) is 0.211. The summed E-state index contributed by atoms with van der Waals surface area (Å²) in [7, 11) is 0. The summed E-state index contributed by atoms with van der Waals surface area (Å²) in [5, 5.41) is 2.83. The molecule has 0 radical (unpaired) electrons. The number of unbranched alkanes of at least 4 members (excludes halogenated alkanes) is 2. The molecule has 80 valence electrons. The van der Waals surface area contributed by atoms with Crippen LogP contribution < -0.4 is 11.1 Å². The molecule has 0 bridgehead atoms. The average Bonchev–Trinajstić information content (AvgIpc) is 2.12. The van der Waals surface area contributed by atoms with Crippen LogP contribution in [-0.2, 0) is 9.59 Å². The van der Waals surface area contributed by atoms with Gasteiger partial charge >= 0.3 is 0 Å². The molecule has 0 aromatic heterocycles. The van der Waals surface area contributed by atoms with Crippen LogP contribution in [0.2, 0.25) is 0 Å². The van der Waals surface area contributed by atoms with Gasteiger partial charge in [-0.1, -0.05) is 6.42 Å². The quantitative estimate of drug-likeness (QED) is 0.599. The number of nitrogens with one attached hydrogen (secondary N) is 1. The molecule has 1 amide bonds. The topological polar surface area (TPSA) is 72.2 Å². The van der Waals surface area contributed by atoms with Crippen LogP contribution in [0.25, 0.3) is 0 Å². The maximum Gasteiger partial charge on any atom is 0.224 e. The van der Waals surface area contributed by atoms with Crippen molar-refractivity contribution in [2.45, 2.75) is 32.1 Å². The Kier molecular flexibility index (Phi) is 4.59. The number of carbonyl (C=O) groups is 2. The summed E-state index contributed by atoms with van der Waals surface area (Å²) in [6.45, 7) is 1.43. The lowest BCUT2D eigenvalue weighted by atomic mass is 9.83. The maximum absolute atomic E-state index is 11.3. The fourth-order valence-corrected chi connectivity index (χ4v) is 1.48. The van der Waals surface area contributed by atoms with Crippen molar-refractivity contribution in [3.05, 3.63) is 0 Å². The monoisotopic (exact) mass is 198 g/mol. The number of carbonyl (C=O) groups excluding carboxylic acids is 2. The number of Topliss-reactive ketones (excluding diaryl/α,β-unsaturated/α-hetero) is 1. The number of nitrogens with two attached hydrogens (primary N) is 1. The highest BCUT2D eigenvalue weighted by Gasteiger charge is 2.32. The van der Waals surface area contributed by atoms with Crippen LogP contribution in [0.3, 0.4) is 0 Å². The van der Waals surface area contributed by atoms with E-state index in [9.17, 15) is 9.59 Å². The van der Waals surface area contributed by atoms with Crippen LogP contribution in [0.1, 0.15) is 32.1 Å². The smallest absolute Gasteiger partial charge is 0.224 e. The van der Waals surface area contributed by atoms with Crippen LogP contribution in [0, 0.1) is 5.92 Å². The third-order valence-electron chi connectivity index (χ3n) is 2.50. The molecule has 1 rings (SSSR count). The number of rotatable bonds is 6. The van der Waals surface area contributed by atoms with Gasteiger partial charge in [-0.15, -0.1) is 0 Å². The van der Waals surface area contributed by atoms with Crippen molar-refractivity contribution in [2.24, 2.45) is 11.7 Å². The van der Waals surface area contributed by atoms with E-state index in [4.69, 9.17) is 5.73 Å². The van der Waals surface area contributed by atoms with E-state index in [1.807, 2.05) is 0 Å². The number of hydrogen-bond acceptors (Lipinski definition) is 3. The van der Waals surface area contributed by atoms with Gasteiger partial charge in [0.15, 0.2) is 0 Å². The minimum atomic E-state index is -0.0444. The van der Waals surface area contributed by atoms with E-state index >= 15 is 0 Å². The van der Waals surface area contributed by atoms with Crippen LogP contribution in [-0.4, -0.2) is 24.8 Å². The zero-order valence-electron chi connectivity index (χ0n) is 8.42. The molecule has 1 aliphatic rings. The molecule has 4 nitrogen and oxygen atoms in total. The SMILES string of the molecule is NCCCCCNC(=O)C1CC(=O)C1. The lowest BCUT2D eigenvalue weighted by Crippen LogP contribution is -2.39.